The van der Waals surface area contributed by atoms with Crippen molar-refractivity contribution in [2.75, 3.05) is 51.7 Å². The summed E-state index contributed by atoms with van der Waals surface area (Å²) in [4.78, 5) is 40.5. The van der Waals surface area contributed by atoms with Crippen LogP contribution >= 0.6 is 13.5 Å². The Labute approximate surface area is 241 Å². The fourth-order valence-electron chi connectivity index (χ4n) is 4.62. The molecule has 3 heterocycles. The van der Waals surface area contributed by atoms with Gasteiger partial charge in [-0.25, -0.2) is 14.8 Å². The number of carbonyl (C=O) groups is 2. The molecule has 4 N–H and O–H groups in total. The molecular weight excluding hydrogens is 530 g/mol. The number of nitrogens with zero attached hydrogens (tertiary/aromatic N) is 5. The molecule has 1 aromatic carbocycles. The number of nitrogens with two attached hydrogens (primary N) is 1. The normalized spacial score (nSPS) is 14.7. The molecule has 0 aliphatic carbocycles. The molecule has 1 unspecified atom stereocenters. The second-order valence-corrected chi connectivity index (χ2v) is 9.57. The van der Waals surface area contributed by atoms with Crippen LogP contribution in [-0.4, -0.2) is 94.2 Å². The zero-order valence-electron chi connectivity index (χ0n) is 22.6. The molecule has 0 saturated carbocycles. The minimum Gasteiger partial charge on any atom is -0.480 e. The summed E-state index contributed by atoms with van der Waals surface area (Å²) in [6, 6.07) is 11.9. The standard InChI is InChI=1S/C28H35N7O4.H2S/c1-39-27(38)25(5-7-29)33-28-31-16-23(17-32-28)22-6-8-30-24(15-22)14-20-3-2-4-21(13-20)18-34-9-11-35(12-10-34)19-26(36)37;/h2-4,6,8,13,15-17,25H,5,7,9-12,14,18-19,29H2,1H3,(H,36,37)(H,31,32,33);1H2. The first-order valence-corrected chi connectivity index (χ1v) is 13.0. The highest BCUT2D eigenvalue weighted by molar-refractivity contribution is 7.59. The summed E-state index contributed by atoms with van der Waals surface area (Å²) in [6.45, 7) is 4.52. The monoisotopic (exact) mass is 567 g/mol. The number of hydrogen-bond acceptors (Lipinski definition) is 10. The van der Waals surface area contributed by atoms with Gasteiger partial charge in [-0.05, 0) is 41.8 Å². The van der Waals surface area contributed by atoms with E-state index in [4.69, 9.17) is 15.6 Å². The van der Waals surface area contributed by atoms with Crippen molar-refractivity contribution >= 4 is 31.4 Å². The van der Waals surface area contributed by atoms with E-state index in [9.17, 15) is 9.59 Å². The number of methoxy groups -OCH3 is 1. The van der Waals surface area contributed by atoms with Crippen molar-refractivity contribution < 1.29 is 19.4 Å². The molecule has 4 rings (SSSR count). The predicted octanol–water partition coefficient (Wildman–Crippen LogP) is 1.75. The smallest absolute Gasteiger partial charge is 0.328 e. The van der Waals surface area contributed by atoms with Gasteiger partial charge in [0.05, 0.1) is 13.7 Å². The van der Waals surface area contributed by atoms with E-state index >= 15 is 0 Å². The summed E-state index contributed by atoms with van der Waals surface area (Å²) in [5, 5.41) is 12.0. The number of anilines is 1. The molecule has 0 radical (unpaired) electrons. The van der Waals surface area contributed by atoms with Gasteiger partial charge in [-0.1, -0.05) is 24.3 Å². The lowest BCUT2D eigenvalue weighted by Crippen LogP contribution is -2.47. The molecule has 1 aliphatic rings. The van der Waals surface area contributed by atoms with Crippen molar-refractivity contribution in [3.05, 3.63) is 71.8 Å². The third-order valence-electron chi connectivity index (χ3n) is 6.65. The number of carboxylic acid groups (broad SMARTS) is 1. The average Bonchev–Trinajstić information content (AvgIpc) is 2.94. The Morgan fingerprint density at radius 2 is 1.73 bits per heavy atom. The number of hydrogen-bond donors (Lipinski definition) is 3. The van der Waals surface area contributed by atoms with Crippen LogP contribution in [0.25, 0.3) is 11.1 Å². The van der Waals surface area contributed by atoms with Crippen molar-refractivity contribution in [1.82, 2.24) is 24.8 Å². The molecular formula is C28H37N7O4S. The highest BCUT2D eigenvalue weighted by Gasteiger charge is 2.20. The maximum absolute atomic E-state index is 11.9. The van der Waals surface area contributed by atoms with E-state index in [-0.39, 0.29) is 20.0 Å². The predicted molar refractivity (Wildman–Crippen MR) is 157 cm³/mol. The maximum Gasteiger partial charge on any atom is 0.328 e. The van der Waals surface area contributed by atoms with Gasteiger partial charge in [-0.15, -0.1) is 0 Å². The van der Waals surface area contributed by atoms with E-state index in [2.05, 4.69) is 49.4 Å². The lowest BCUT2D eigenvalue weighted by molar-refractivity contribution is -0.141. The molecule has 1 saturated heterocycles. The molecule has 2 aromatic heterocycles. The van der Waals surface area contributed by atoms with Crippen molar-refractivity contribution in [3.8, 4) is 11.1 Å². The highest BCUT2D eigenvalue weighted by Crippen LogP contribution is 2.21. The van der Waals surface area contributed by atoms with Crippen LogP contribution in [0.1, 0.15) is 23.2 Å². The first kappa shape index (κ1) is 31.0. The number of esters is 1. The number of rotatable bonds is 12. The average molecular weight is 568 g/mol. The number of aromatic nitrogens is 3. The van der Waals surface area contributed by atoms with Crippen LogP contribution in [0, 0.1) is 0 Å². The lowest BCUT2D eigenvalue weighted by Gasteiger charge is -2.33. The minimum atomic E-state index is -0.775. The van der Waals surface area contributed by atoms with Crippen LogP contribution in [0.3, 0.4) is 0 Å². The van der Waals surface area contributed by atoms with Gasteiger partial charge >= 0.3 is 11.9 Å². The minimum absolute atomic E-state index is 0. The van der Waals surface area contributed by atoms with Crippen LogP contribution in [-0.2, 0) is 27.3 Å². The highest BCUT2D eigenvalue weighted by atomic mass is 32.1. The van der Waals surface area contributed by atoms with Crippen LogP contribution < -0.4 is 11.1 Å². The topological polar surface area (TPSA) is 147 Å². The molecule has 0 spiro atoms. The number of nitrogens with one attached hydrogen (secondary N) is 1. The van der Waals surface area contributed by atoms with Gasteiger partial charge in [0.25, 0.3) is 0 Å². The number of ether oxygens (including phenoxy) is 1. The summed E-state index contributed by atoms with van der Waals surface area (Å²) >= 11 is 0. The number of piperazine rings is 1. The van der Waals surface area contributed by atoms with Gasteiger partial charge in [0.1, 0.15) is 6.04 Å². The number of benzene rings is 1. The van der Waals surface area contributed by atoms with Crippen molar-refractivity contribution in [1.29, 1.82) is 0 Å². The van der Waals surface area contributed by atoms with Crippen molar-refractivity contribution in [3.63, 3.8) is 0 Å². The Morgan fingerprint density at radius 3 is 2.40 bits per heavy atom. The van der Waals surface area contributed by atoms with E-state index in [1.54, 1.807) is 18.6 Å². The molecule has 11 nitrogen and oxygen atoms in total. The Bertz CT molecular complexity index is 1250. The summed E-state index contributed by atoms with van der Waals surface area (Å²) < 4.78 is 4.81. The number of pyridine rings is 1. The van der Waals surface area contributed by atoms with E-state index in [1.807, 2.05) is 17.0 Å². The molecule has 12 heteroatoms. The molecule has 3 aromatic rings. The molecule has 1 aliphatic heterocycles. The lowest BCUT2D eigenvalue weighted by atomic mass is 10.0. The number of carboxylic acids is 1. The Balaban J connectivity index is 0.00000441. The summed E-state index contributed by atoms with van der Waals surface area (Å²) in [5.74, 6) is -0.853. The summed E-state index contributed by atoms with van der Waals surface area (Å²) in [7, 11) is 1.34. The van der Waals surface area contributed by atoms with Crippen LogP contribution in [0.4, 0.5) is 5.95 Å². The molecule has 1 fully saturated rings. The zero-order valence-corrected chi connectivity index (χ0v) is 23.6. The van der Waals surface area contributed by atoms with Gasteiger partial charge in [-0.3, -0.25) is 19.6 Å². The van der Waals surface area contributed by atoms with Crippen molar-refractivity contribution in [2.24, 2.45) is 5.73 Å². The molecule has 1 atom stereocenters. The van der Waals surface area contributed by atoms with Gasteiger partial charge in [0.2, 0.25) is 5.95 Å². The summed E-state index contributed by atoms with van der Waals surface area (Å²) in [6.07, 6.45) is 6.31. The third-order valence-corrected chi connectivity index (χ3v) is 6.65. The third kappa shape index (κ3) is 8.98. The van der Waals surface area contributed by atoms with Gasteiger partial charge in [0.15, 0.2) is 0 Å². The molecule has 40 heavy (non-hydrogen) atoms. The molecule has 214 valence electrons. The zero-order chi connectivity index (χ0) is 27.6. The van der Waals surface area contributed by atoms with Gasteiger partial charge in [-0.2, -0.15) is 13.5 Å². The van der Waals surface area contributed by atoms with E-state index < -0.39 is 18.0 Å². The Morgan fingerprint density at radius 1 is 1.02 bits per heavy atom. The Hall–Kier alpha value is -3.58. The number of carbonyl (C=O) groups excluding carboxylic acids is 1. The van der Waals surface area contributed by atoms with E-state index in [0.717, 1.165) is 49.5 Å². The first-order chi connectivity index (χ1) is 18.9. The quantitative estimate of drug-likeness (QED) is 0.275. The van der Waals surface area contributed by atoms with Gasteiger partial charge in [0, 0.05) is 69.0 Å². The van der Waals surface area contributed by atoms with E-state index in [0.29, 0.717) is 25.3 Å². The first-order valence-electron chi connectivity index (χ1n) is 13.0. The maximum atomic E-state index is 11.9. The largest absolute Gasteiger partial charge is 0.480 e. The molecule has 0 bridgehead atoms. The Kier molecular flexibility index (Phi) is 11.8. The fourth-order valence-corrected chi connectivity index (χ4v) is 4.62. The molecule has 0 amide bonds. The number of aliphatic carboxylic acids is 1. The van der Waals surface area contributed by atoms with Crippen LogP contribution in [0.15, 0.2) is 55.0 Å². The van der Waals surface area contributed by atoms with Crippen LogP contribution in [0.5, 0.6) is 0 Å². The summed E-state index contributed by atoms with van der Waals surface area (Å²) in [5.41, 5.74) is 10.7. The SMILES string of the molecule is COC(=O)C(CCN)Nc1ncc(-c2ccnc(Cc3cccc(CN4CCN(CC(=O)O)CC4)c3)c2)cn1.S. The van der Waals surface area contributed by atoms with Gasteiger partial charge < -0.3 is 20.9 Å². The van der Waals surface area contributed by atoms with Crippen LogP contribution in [0.2, 0.25) is 0 Å². The fraction of sp³-hybridized carbons (Fsp3) is 0.393. The second kappa shape index (κ2) is 15.3. The van der Waals surface area contributed by atoms with E-state index in [1.165, 1.54) is 18.2 Å². The second-order valence-electron chi connectivity index (χ2n) is 9.57. The van der Waals surface area contributed by atoms with Crippen molar-refractivity contribution in [2.45, 2.75) is 25.4 Å².